The topological polar surface area (TPSA) is 25.8 Å². The second-order valence-corrected chi connectivity index (χ2v) is 4.02. The first-order chi connectivity index (χ1) is 6.18. The number of hydrogen-bond donors (Lipinski definition) is 0. The molecule has 0 radical (unpaired) electrons. The van der Waals surface area contributed by atoms with Crippen LogP contribution in [0.2, 0.25) is 0 Å². The summed E-state index contributed by atoms with van der Waals surface area (Å²) < 4.78 is 13.9. The Morgan fingerprint density at radius 2 is 1.92 bits per heavy atom. The van der Waals surface area contributed by atoms with E-state index in [1.807, 2.05) is 6.07 Å². The van der Waals surface area contributed by atoms with Gasteiger partial charge in [-0.2, -0.15) is 4.39 Å². The maximum atomic E-state index is 12.9. The van der Waals surface area contributed by atoms with E-state index in [4.69, 9.17) is 0 Å². The summed E-state index contributed by atoms with van der Waals surface area (Å²) in [4.78, 5) is 7.74. The first-order valence-electron chi connectivity index (χ1n) is 3.46. The summed E-state index contributed by atoms with van der Waals surface area (Å²) in [6.07, 6.45) is 0. The monoisotopic (exact) mass is 304 g/mol. The van der Waals surface area contributed by atoms with Gasteiger partial charge in [-0.05, 0) is 44.0 Å². The van der Waals surface area contributed by atoms with Crippen molar-refractivity contribution >= 4 is 42.9 Å². The van der Waals surface area contributed by atoms with Crippen LogP contribution in [-0.4, -0.2) is 9.97 Å². The Balaban J connectivity index is 2.89. The lowest BCUT2D eigenvalue weighted by Crippen LogP contribution is -1.91. The van der Waals surface area contributed by atoms with E-state index >= 15 is 0 Å². The number of fused-ring (bicyclic) bond motifs is 1. The second kappa shape index (κ2) is 3.31. The van der Waals surface area contributed by atoms with Crippen LogP contribution < -0.4 is 0 Å². The van der Waals surface area contributed by atoms with E-state index in [1.54, 1.807) is 12.1 Å². The molecule has 1 aromatic carbocycles. The Hall–Kier alpha value is -0.550. The Bertz CT molecular complexity index is 473. The van der Waals surface area contributed by atoms with Gasteiger partial charge in [0.2, 0.25) is 5.95 Å². The third-order valence-corrected chi connectivity index (χ3v) is 2.71. The van der Waals surface area contributed by atoms with Crippen molar-refractivity contribution in [3.8, 4) is 0 Å². The molecule has 2 rings (SSSR count). The minimum atomic E-state index is -0.592. The van der Waals surface area contributed by atoms with Crippen molar-refractivity contribution in [2.45, 2.75) is 0 Å². The largest absolute Gasteiger partial charge is 0.246 e. The van der Waals surface area contributed by atoms with E-state index < -0.39 is 5.95 Å². The fourth-order valence-electron chi connectivity index (χ4n) is 1.00. The zero-order valence-electron chi connectivity index (χ0n) is 6.26. The van der Waals surface area contributed by atoms with Crippen molar-refractivity contribution in [2.75, 3.05) is 0 Å². The van der Waals surface area contributed by atoms with Crippen LogP contribution in [0.15, 0.2) is 27.3 Å². The standard InChI is InChI=1S/C8H3Br2FN2/c9-4-2-1-3-5-6(4)13-7(10)8(11)12-5/h1-3H. The number of rotatable bonds is 0. The minimum absolute atomic E-state index is 0.131. The first kappa shape index (κ1) is 9.02. The first-order valence-corrected chi connectivity index (χ1v) is 5.04. The molecule has 5 heteroatoms. The van der Waals surface area contributed by atoms with Gasteiger partial charge in [-0.3, -0.25) is 0 Å². The predicted octanol–water partition coefficient (Wildman–Crippen LogP) is 3.29. The molecule has 0 atom stereocenters. The van der Waals surface area contributed by atoms with E-state index in [0.29, 0.717) is 11.0 Å². The normalized spacial score (nSPS) is 10.7. The van der Waals surface area contributed by atoms with E-state index in [-0.39, 0.29) is 4.60 Å². The Morgan fingerprint density at radius 1 is 1.15 bits per heavy atom. The van der Waals surface area contributed by atoms with Crippen LogP contribution in [0.25, 0.3) is 11.0 Å². The highest BCUT2D eigenvalue weighted by Crippen LogP contribution is 2.23. The van der Waals surface area contributed by atoms with Crippen LogP contribution in [0.4, 0.5) is 4.39 Å². The minimum Gasteiger partial charge on any atom is -0.233 e. The van der Waals surface area contributed by atoms with E-state index in [0.717, 1.165) is 4.47 Å². The number of hydrogen-bond acceptors (Lipinski definition) is 2. The van der Waals surface area contributed by atoms with Gasteiger partial charge in [0.1, 0.15) is 5.52 Å². The highest BCUT2D eigenvalue weighted by atomic mass is 79.9. The van der Waals surface area contributed by atoms with Gasteiger partial charge in [0.25, 0.3) is 0 Å². The molecule has 0 aliphatic heterocycles. The van der Waals surface area contributed by atoms with Crippen LogP contribution in [-0.2, 0) is 0 Å². The van der Waals surface area contributed by atoms with E-state index in [1.165, 1.54) is 0 Å². The van der Waals surface area contributed by atoms with Crippen molar-refractivity contribution in [2.24, 2.45) is 0 Å². The van der Waals surface area contributed by atoms with Gasteiger partial charge in [0, 0.05) is 4.47 Å². The van der Waals surface area contributed by atoms with Gasteiger partial charge in [-0.15, -0.1) is 0 Å². The third kappa shape index (κ3) is 1.58. The van der Waals surface area contributed by atoms with Crippen molar-refractivity contribution in [1.29, 1.82) is 0 Å². The summed E-state index contributed by atoms with van der Waals surface area (Å²) in [6.45, 7) is 0. The maximum Gasteiger partial charge on any atom is 0.246 e. The third-order valence-electron chi connectivity index (χ3n) is 1.56. The summed E-state index contributed by atoms with van der Waals surface area (Å²) in [5, 5.41) is 0. The average molecular weight is 306 g/mol. The van der Waals surface area contributed by atoms with Crippen LogP contribution in [0.1, 0.15) is 0 Å². The van der Waals surface area contributed by atoms with Crippen LogP contribution in [0.3, 0.4) is 0 Å². The van der Waals surface area contributed by atoms with Gasteiger partial charge in [-0.25, -0.2) is 9.97 Å². The Labute approximate surface area is 90.5 Å². The predicted molar refractivity (Wildman–Crippen MR) is 54.9 cm³/mol. The van der Waals surface area contributed by atoms with E-state index in [2.05, 4.69) is 41.8 Å². The molecule has 0 saturated carbocycles. The van der Waals surface area contributed by atoms with Gasteiger partial charge in [0.05, 0.1) is 5.52 Å². The molecule has 1 aromatic heterocycles. The molecule has 13 heavy (non-hydrogen) atoms. The lowest BCUT2D eigenvalue weighted by atomic mass is 10.3. The molecule has 2 nitrogen and oxygen atoms in total. The molecule has 0 spiro atoms. The number of para-hydroxylation sites is 1. The summed E-state index contributed by atoms with van der Waals surface area (Å²) in [7, 11) is 0. The molecule has 66 valence electrons. The summed E-state index contributed by atoms with van der Waals surface area (Å²) in [5.41, 5.74) is 1.19. The average Bonchev–Trinajstić information content (AvgIpc) is 2.09. The lowest BCUT2D eigenvalue weighted by Gasteiger charge is -1.99. The lowest BCUT2D eigenvalue weighted by molar-refractivity contribution is 0.575. The zero-order valence-corrected chi connectivity index (χ0v) is 9.43. The smallest absolute Gasteiger partial charge is 0.233 e. The Morgan fingerprint density at radius 3 is 2.69 bits per heavy atom. The van der Waals surface area contributed by atoms with Crippen LogP contribution >= 0.6 is 31.9 Å². The molecule has 0 fully saturated rings. The maximum absolute atomic E-state index is 12.9. The molecule has 0 unspecified atom stereocenters. The van der Waals surface area contributed by atoms with Crippen molar-refractivity contribution in [3.63, 3.8) is 0 Å². The number of halogens is 3. The van der Waals surface area contributed by atoms with Crippen molar-refractivity contribution in [3.05, 3.63) is 33.2 Å². The quantitative estimate of drug-likeness (QED) is 0.746. The fourth-order valence-corrected chi connectivity index (χ4v) is 1.71. The van der Waals surface area contributed by atoms with Crippen molar-refractivity contribution in [1.82, 2.24) is 9.97 Å². The number of aromatic nitrogens is 2. The van der Waals surface area contributed by atoms with Gasteiger partial charge < -0.3 is 0 Å². The zero-order chi connectivity index (χ0) is 9.42. The molecule has 0 aliphatic carbocycles. The molecular weight excluding hydrogens is 303 g/mol. The molecule has 1 heterocycles. The molecule has 0 N–H and O–H groups in total. The number of nitrogens with zero attached hydrogens (tertiary/aromatic N) is 2. The van der Waals surface area contributed by atoms with Crippen molar-refractivity contribution < 1.29 is 4.39 Å². The number of benzene rings is 1. The van der Waals surface area contributed by atoms with Crippen LogP contribution in [0, 0.1) is 5.95 Å². The van der Waals surface area contributed by atoms with E-state index in [9.17, 15) is 4.39 Å². The molecule has 0 bridgehead atoms. The molecule has 0 aliphatic rings. The fraction of sp³-hybridized carbons (Fsp3) is 0. The summed E-state index contributed by atoms with van der Waals surface area (Å²) >= 11 is 6.29. The highest BCUT2D eigenvalue weighted by Gasteiger charge is 2.06. The highest BCUT2D eigenvalue weighted by molar-refractivity contribution is 9.11. The SMILES string of the molecule is Fc1nc2cccc(Br)c2nc1Br. The second-order valence-electron chi connectivity index (χ2n) is 2.41. The van der Waals surface area contributed by atoms with Gasteiger partial charge in [0.15, 0.2) is 4.60 Å². The Kier molecular flexibility index (Phi) is 2.29. The summed E-state index contributed by atoms with van der Waals surface area (Å²) in [6, 6.07) is 5.33. The molecule has 2 aromatic rings. The van der Waals surface area contributed by atoms with Gasteiger partial charge >= 0.3 is 0 Å². The summed E-state index contributed by atoms with van der Waals surface area (Å²) in [5.74, 6) is -0.592. The molecular formula is C8H3Br2FN2. The van der Waals surface area contributed by atoms with Gasteiger partial charge in [-0.1, -0.05) is 6.07 Å². The van der Waals surface area contributed by atoms with Crippen LogP contribution in [0.5, 0.6) is 0 Å². The molecule has 0 amide bonds. The molecule has 0 saturated heterocycles.